The van der Waals surface area contributed by atoms with Gasteiger partial charge in [-0.05, 0) is 24.3 Å². The van der Waals surface area contributed by atoms with Crippen LogP contribution in [0.4, 0.5) is 17.3 Å². The predicted octanol–water partition coefficient (Wildman–Crippen LogP) is 1.52. The molecular weight excluding hydrogens is 238 g/mol. The maximum Gasteiger partial charge on any atom is 0.250 e. The number of anilines is 3. The minimum Gasteiger partial charge on any atom is -0.445 e. The molecule has 0 atom stereocenters. The van der Waals surface area contributed by atoms with Crippen LogP contribution in [-0.4, -0.2) is 30.0 Å². The largest absolute Gasteiger partial charge is 0.445 e. The lowest BCUT2D eigenvalue weighted by molar-refractivity contribution is -0.121. The highest BCUT2D eigenvalue weighted by Gasteiger charge is 2.48. The number of carbonyl (C=O) groups excluding carboxylic acids is 1. The highest BCUT2D eigenvalue weighted by atomic mass is 32.2. The van der Waals surface area contributed by atoms with Gasteiger partial charge in [-0.2, -0.15) is 11.8 Å². The van der Waals surface area contributed by atoms with Gasteiger partial charge in [0.2, 0.25) is 5.88 Å². The number of rotatable bonds is 0. The highest BCUT2D eigenvalue weighted by Crippen LogP contribution is 2.45. The van der Waals surface area contributed by atoms with Crippen LogP contribution in [0, 0.1) is 0 Å². The van der Waals surface area contributed by atoms with Gasteiger partial charge in [0.05, 0.1) is 0 Å². The Bertz CT molecular complexity index is 465. The maximum absolute atomic E-state index is 12.3. The zero-order chi connectivity index (χ0) is 12.0. The van der Waals surface area contributed by atoms with Gasteiger partial charge in [-0.15, -0.1) is 0 Å². The van der Waals surface area contributed by atoms with E-state index in [2.05, 4.69) is 5.32 Å². The first kappa shape index (κ1) is 10.8. The summed E-state index contributed by atoms with van der Waals surface area (Å²) in [6, 6.07) is 0. The molecule has 1 spiro atoms. The van der Waals surface area contributed by atoms with Crippen molar-refractivity contribution in [2.75, 3.05) is 34.5 Å². The Labute approximate surface area is 104 Å². The van der Waals surface area contributed by atoms with Crippen LogP contribution in [0.2, 0.25) is 0 Å². The molecule has 0 aromatic carbocycles. The van der Waals surface area contributed by atoms with E-state index in [-0.39, 0.29) is 11.8 Å². The lowest BCUT2D eigenvalue weighted by Crippen LogP contribution is -2.60. The van der Waals surface area contributed by atoms with Crippen LogP contribution in [0.1, 0.15) is 12.8 Å². The summed E-state index contributed by atoms with van der Waals surface area (Å²) in [4.78, 5) is 14.4. The van der Waals surface area contributed by atoms with Crippen molar-refractivity contribution in [1.29, 1.82) is 0 Å². The minimum absolute atomic E-state index is 0.0425. The van der Waals surface area contributed by atoms with Gasteiger partial charge in [0.1, 0.15) is 23.2 Å². The number of nitrogen functional groups attached to an aromatic ring is 1. The van der Waals surface area contributed by atoms with E-state index < -0.39 is 5.54 Å². The Morgan fingerprint density at radius 3 is 2.94 bits per heavy atom. The molecule has 0 radical (unpaired) electrons. The molecule has 0 saturated carbocycles. The van der Waals surface area contributed by atoms with E-state index in [1.165, 1.54) is 0 Å². The summed E-state index contributed by atoms with van der Waals surface area (Å²) in [5, 5.41) is 2.89. The van der Waals surface area contributed by atoms with Crippen LogP contribution in [-0.2, 0) is 4.79 Å². The lowest BCUT2D eigenvalue weighted by Gasteiger charge is -2.46. The molecule has 1 saturated heterocycles. The Hall–Kier alpha value is -1.30. The Morgan fingerprint density at radius 2 is 2.24 bits per heavy atom. The number of thioether (sulfide) groups is 1. The Kier molecular flexibility index (Phi) is 2.29. The van der Waals surface area contributed by atoms with Crippen LogP contribution in [0.3, 0.4) is 0 Å². The fraction of sp³-hybridized carbons (Fsp3) is 0.545. The molecule has 2 aliphatic heterocycles. The van der Waals surface area contributed by atoms with E-state index in [1.54, 1.807) is 6.26 Å². The zero-order valence-corrected chi connectivity index (χ0v) is 10.5. The summed E-state index contributed by atoms with van der Waals surface area (Å²) >= 11 is 1.90. The standard InChI is InChI=1S/C11H15N3O2S/c1-14-7-6-16-9(12)8(7)13-10(15)11(14)2-4-17-5-3-11/h6H,2-5,12H2,1H3,(H,13,15). The first-order chi connectivity index (χ1) is 8.15. The van der Waals surface area contributed by atoms with Gasteiger partial charge in [-0.3, -0.25) is 4.79 Å². The summed E-state index contributed by atoms with van der Waals surface area (Å²) in [7, 11) is 1.95. The summed E-state index contributed by atoms with van der Waals surface area (Å²) in [5.74, 6) is 2.35. The zero-order valence-electron chi connectivity index (χ0n) is 9.66. The summed E-state index contributed by atoms with van der Waals surface area (Å²) in [6.07, 6.45) is 3.35. The predicted molar refractivity (Wildman–Crippen MR) is 69.4 cm³/mol. The van der Waals surface area contributed by atoms with Crippen molar-refractivity contribution >= 4 is 34.9 Å². The lowest BCUT2D eigenvalue weighted by atomic mass is 9.87. The number of nitrogens with one attached hydrogen (secondary N) is 1. The van der Waals surface area contributed by atoms with Crippen LogP contribution in [0.15, 0.2) is 10.7 Å². The van der Waals surface area contributed by atoms with E-state index >= 15 is 0 Å². The summed E-state index contributed by atoms with van der Waals surface area (Å²) in [6.45, 7) is 0. The number of likely N-dealkylation sites (N-methyl/N-ethyl adjacent to an activating group) is 1. The smallest absolute Gasteiger partial charge is 0.250 e. The van der Waals surface area contributed by atoms with Crippen molar-refractivity contribution in [2.45, 2.75) is 18.4 Å². The van der Waals surface area contributed by atoms with E-state index in [1.807, 2.05) is 23.7 Å². The van der Waals surface area contributed by atoms with Crippen molar-refractivity contribution in [2.24, 2.45) is 0 Å². The molecule has 1 fully saturated rings. The number of fused-ring (bicyclic) bond motifs is 1. The number of nitrogens with zero attached hydrogens (tertiary/aromatic N) is 1. The van der Waals surface area contributed by atoms with Crippen molar-refractivity contribution in [3.8, 4) is 0 Å². The molecule has 0 aliphatic carbocycles. The van der Waals surface area contributed by atoms with Gasteiger partial charge >= 0.3 is 0 Å². The quantitative estimate of drug-likeness (QED) is 0.733. The van der Waals surface area contributed by atoms with Gasteiger partial charge in [-0.1, -0.05) is 0 Å². The summed E-state index contributed by atoms with van der Waals surface area (Å²) < 4.78 is 5.19. The monoisotopic (exact) mass is 253 g/mol. The average Bonchev–Trinajstić information content (AvgIpc) is 2.70. The average molecular weight is 253 g/mol. The number of hydrogen-bond donors (Lipinski definition) is 2. The van der Waals surface area contributed by atoms with Crippen LogP contribution >= 0.6 is 11.8 Å². The fourth-order valence-corrected chi connectivity index (χ4v) is 3.79. The van der Waals surface area contributed by atoms with Gasteiger partial charge in [0, 0.05) is 7.05 Å². The van der Waals surface area contributed by atoms with Gasteiger partial charge in [-0.25, -0.2) is 0 Å². The highest BCUT2D eigenvalue weighted by molar-refractivity contribution is 7.99. The van der Waals surface area contributed by atoms with E-state index in [4.69, 9.17) is 10.2 Å². The third kappa shape index (κ3) is 1.36. The normalized spacial score (nSPS) is 22.4. The number of nitrogens with two attached hydrogens (primary N) is 1. The minimum atomic E-state index is -0.422. The number of furan rings is 1. The van der Waals surface area contributed by atoms with Gasteiger partial charge in [0.25, 0.3) is 5.91 Å². The molecule has 3 heterocycles. The topological polar surface area (TPSA) is 71.5 Å². The number of carbonyl (C=O) groups is 1. The molecule has 6 heteroatoms. The third-order valence-electron chi connectivity index (χ3n) is 3.78. The second-order valence-electron chi connectivity index (χ2n) is 4.52. The van der Waals surface area contributed by atoms with Crippen molar-refractivity contribution in [1.82, 2.24) is 0 Å². The van der Waals surface area contributed by atoms with E-state index in [9.17, 15) is 4.79 Å². The molecule has 0 unspecified atom stereocenters. The van der Waals surface area contributed by atoms with Crippen LogP contribution in [0.25, 0.3) is 0 Å². The Balaban J connectivity index is 2.06. The molecule has 92 valence electrons. The molecule has 3 N–H and O–H groups in total. The van der Waals surface area contributed by atoms with Crippen LogP contribution in [0.5, 0.6) is 0 Å². The second-order valence-corrected chi connectivity index (χ2v) is 5.74. The van der Waals surface area contributed by atoms with E-state index in [0.29, 0.717) is 5.69 Å². The summed E-state index contributed by atoms with van der Waals surface area (Å²) in [5.41, 5.74) is 6.77. The molecule has 17 heavy (non-hydrogen) atoms. The SMILES string of the molecule is CN1c2coc(N)c2NC(=O)C12CCSCC2. The van der Waals surface area contributed by atoms with Gasteiger partial charge < -0.3 is 20.4 Å². The molecule has 3 rings (SSSR count). The Morgan fingerprint density at radius 1 is 1.53 bits per heavy atom. The maximum atomic E-state index is 12.3. The fourth-order valence-electron chi connectivity index (χ4n) is 2.62. The number of amides is 1. The third-order valence-corrected chi connectivity index (χ3v) is 4.77. The van der Waals surface area contributed by atoms with Crippen LogP contribution < -0.4 is 16.0 Å². The molecule has 0 bridgehead atoms. The molecular formula is C11H15N3O2S. The molecule has 1 aromatic heterocycles. The van der Waals surface area contributed by atoms with E-state index in [0.717, 1.165) is 30.0 Å². The molecule has 1 amide bonds. The molecule has 1 aromatic rings. The second kappa shape index (κ2) is 3.60. The molecule has 2 aliphatic rings. The first-order valence-electron chi connectivity index (χ1n) is 5.65. The van der Waals surface area contributed by atoms with Crippen molar-refractivity contribution < 1.29 is 9.21 Å². The first-order valence-corrected chi connectivity index (χ1v) is 6.80. The molecule has 5 nitrogen and oxygen atoms in total. The number of hydrogen-bond acceptors (Lipinski definition) is 5. The van der Waals surface area contributed by atoms with Crippen molar-refractivity contribution in [3.63, 3.8) is 0 Å². The van der Waals surface area contributed by atoms with Crippen molar-refractivity contribution in [3.05, 3.63) is 6.26 Å². The van der Waals surface area contributed by atoms with Gasteiger partial charge in [0.15, 0.2) is 0 Å².